The van der Waals surface area contributed by atoms with Crippen molar-refractivity contribution >= 4 is 11.9 Å². The van der Waals surface area contributed by atoms with Crippen molar-refractivity contribution in [2.45, 2.75) is 58.3 Å². The molecule has 3 rings (SSSR count). The molecule has 1 amide bonds. The molecule has 0 spiro atoms. The van der Waals surface area contributed by atoms with E-state index in [1.807, 2.05) is 0 Å². The second-order valence-corrected chi connectivity index (χ2v) is 8.42. The highest BCUT2D eigenvalue weighted by Gasteiger charge is 2.23. The van der Waals surface area contributed by atoms with Crippen molar-refractivity contribution in [3.05, 3.63) is 35.4 Å². The van der Waals surface area contributed by atoms with Crippen molar-refractivity contribution in [1.29, 1.82) is 0 Å². The summed E-state index contributed by atoms with van der Waals surface area (Å²) >= 11 is 0. The van der Waals surface area contributed by atoms with Crippen LogP contribution in [-0.4, -0.2) is 62.8 Å². The van der Waals surface area contributed by atoms with Crippen LogP contribution in [0.2, 0.25) is 0 Å². The van der Waals surface area contributed by atoms with Gasteiger partial charge in [0.2, 0.25) is 5.91 Å². The molecule has 2 saturated heterocycles. The van der Waals surface area contributed by atoms with Crippen LogP contribution in [0.4, 0.5) is 0 Å². The van der Waals surface area contributed by atoms with Gasteiger partial charge in [-0.15, -0.1) is 0 Å². The summed E-state index contributed by atoms with van der Waals surface area (Å²) in [7, 11) is 1.71. The zero-order chi connectivity index (χ0) is 21.9. The van der Waals surface area contributed by atoms with E-state index in [2.05, 4.69) is 46.7 Å². The fourth-order valence-electron chi connectivity index (χ4n) is 4.10. The minimum atomic E-state index is 0.139. The van der Waals surface area contributed by atoms with E-state index in [0.717, 1.165) is 64.5 Å². The number of benzene rings is 1. The fraction of sp³-hybridized carbons (Fsp3) is 0.667. The third-order valence-electron chi connectivity index (χ3n) is 6.09. The Hall–Kier alpha value is -2.12. The van der Waals surface area contributed by atoms with Gasteiger partial charge in [-0.3, -0.25) is 4.79 Å². The minimum Gasteiger partial charge on any atom is -0.381 e. The van der Waals surface area contributed by atoms with Crippen LogP contribution in [0.25, 0.3) is 0 Å². The van der Waals surface area contributed by atoms with Crippen molar-refractivity contribution < 1.29 is 14.3 Å². The molecule has 7 heteroatoms. The Morgan fingerprint density at radius 1 is 1.13 bits per heavy atom. The van der Waals surface area contributed by atoms with Gasteiger partial charge in [0.1, 0.15) is 0 Å². The van der Waals surface area contributed by atoms with Gasteiger partial charge in [-0.1, -0.05) is 24.3 Å². The number of amides is 1. The van der Waals surface area contributed by atoms with Crippen LogP contribution in [-0.2, 0) is 27.4 Å². The maximum Gasteiger partial charge on any atom is 0.220 e. The first-order valence-corrected chi connectivity index (χ1v) is 11.7. The first kappa shape index (κ1) is 23.5. The second kappa shape index (κ2) is 12.7. The van der Waals surface area contributed by atoms with Gasteiger partial charge in [0.25, 0.3) is 0 Å². The normalized spacial score (nSPS) is 18.8. The lowest BCUT2D eigenvalue weighted by Crippen LogP contribution is -2.46. The quantitative estimate of drug-likeness (QED) is 0.490. The molecule has 0 aliphatic carbocycles. The summed E-state index contributed by atoms with van der Waals surface area (Å²) in [4.78, 5) is 18.8. The molecule has 31 heavy (non-hydrogen) atoms. The number of rotatable bonds is 8. The van der Waals surface area contributed by atoms with Crippen LogP contribution >= 0.6 is 0 Å². The fourth-order valence-corrected chi connectivity index (χ4v) is 4.10. The van der Waals surface area contributed by atoms with Crippen LogP contribution in [0.5, 0.6) is 0 Å². The first-order valence-electron chi connectivity index (χ1n) is 11.7. The van der Waals surface area contributed by atoms with Crippen molar-refractivity contribution in [3.63, 3.8) is 0 Å². The summed E-state index contributed by atoms with van der Waals surface area (Å²) in [6, 6.07) is 8.57. The van der Waals surface area contributed by atoms with Crippen LogP contribution in [0, 0.1) is 5.92 Å². The molecule has 0 atom stereocenters. The van der Waals surface area contributed by atoms with E-state index in [4.69, 9.17) is 14.5 Å². The Morgan fingerprint density at radius 3 is 2.45 bits per heavy atom. The molecule has 0 saturated carbocycles. The van der Waals surface area contributed by atoms with Crippen molar-refractivity contribution in [3.8, 4) is 0 Å². The molecule has 0 bridgehead atoms. The zero-order valence-corrected chi connectivity index (χ0v) is 19.1. The molecular weight excluding hydrogens is 392 g/mol. The average molecular weight is 431 g/mol. The Kier molecular flexibility index (Phi) is 9.62. The highest BCUT2D eigenvalue weighted by atomic mass is 16.5. The van der Waals surface area contributed by atoms with E-state index >= 15 is 0 Å². The molecule has 1 aromatic carbocycles. The number of carbonyl (C=O) groups excluding carboxylic acids is 1. The van der Waals surface area contributed by atoms with Gasteiger partial charge in [0.05, 0.1) is 19.3 Å². The van der Waals surface area contributed by atoms with Crippen LogP contribution in [0.1, 0.15) is 50.2 Å². The van der Waals surface area contributed by atoms with Gasteiger partial charge in [0, 0.05) is 46.3 Å². The average Bonchev–Trinajstić information content (AvgIpc) is 2.82. The molecule has 2 N–H and O–H groups in total. The standard InChI is InChI=1S/C24H38N4O3/c1-3-26-24(28-12-8-19(9-13-28)16-23(29)25-2)27-17-20-4-6-21(7-5-20)18-31-22-10-14-30-15-11-22/h4-7,19,22H,3,8-18H2,1-2H3,(H,25,29)(H,26,27). The number of guanidine groups is 1. The van der Waals surface area contributed by atoms with E-state index in [1.165, 1.54) is 11.1 Å². The summed E-state index contributed by atoms with van der Waals surface area (Å²) in [5.74, 6) is 1.57. The molecule has 7 nitrogen and oxygen atoms in total. The SMILES string of the molecule is CCNC(=NCc1ccc(COC2CCOCC2)cc1)N1CCC(CC(=O)NC)CC1. The number of carbonyl (C=O) groups is 1. The minimum absolute atomic E-state index is 0.139. The summed E-state index contributed by atoms with van der Waals surface area (Å²) < 4.78 is 11.4. The molecule has 2 fully saturated rings. The van der Waals surface area contributed by atoms with E-state index in [-0.39, 0.29) is 5.91 Å². The van der Waals surface area contributed by atoms with Gasteiger partial charge in [-0.2, -0.15) is 0 Å². The van der Waals surface area contributed by atoms with E-state index in [0.29, 0.717) is 31.6 Å². The number of aliphatic imine (C=N–C) groups is 1. The monoisotopic (exact) mass is 430 g/mol. The van der Waals surface area contributed by atoms with Gasteiger partial charge in [-0.05, 0) is 49.7 Å². The topological polar surface area (TPSA) is 75.2 Å². The van der Waals surface area contributed by atoms with Crippen molar-refractivity contribution in [2.75, 3.05) is 39.9 Å². The lowest BCUT2D eigenvalue weighted by molar-refractivity contribution is -0.121. The number of hydrogen-bond acceptors (Lipinski definition) is 4. The highest BCUT2D eigenvalue weighted by Crippen LogP contribution is 2.21. The molecule has 1 aromatic rings. The van der Waals surface area contributed by atoms with Crippen molar-refractivity contribution in [2.24, 2.45) is 10.9 Å². The van der Waals surface area contributed by atoms with E-state index in [9.17, 15) is 4.79 Å². The maximum atomic E-state index is 11.6. The Labute approximate surface area is 186 Å². The lowest BCUT2D eigenvalue weighted by atomic mass is 9.93. The zero-order valence-electron chi connectivity index (χ0n) is 19.1. The van der Waals surface area contributed by atoms with Gasteiger partial charge in [0.15, 0.2) is 5.96 Å². The summed E-state index contributed by atoms with van der Waals surface area (Å²) in [5.41, 5.74) is 2.39. The predicted octanol–water partition coefficient (Wildman–Crippen LogP) is 2.70. The number of hydrogen-bond donors (Lipinski definition) is 2. The predicted molar refractivity (Wildman–Crippen MR) is 123 cm³/mol. The molecule has 2 heterocycles. The lowest BCUT2D eigenvalue weighted by Gasteiger charge is -2.34. The Balaban J connectivity index is 1.47. The maximum absolute atomic E-state index is 11.6. The van der Waals surface area contributed by atoms with E-state index in [1.54, 1.807) is 7.05 Å². The third kappa shape index (κ3) is 7.82. The Morgan fingerprint density at radius 2 is 1.81 bits per heavy atom. The van der Waals surface area contributed by atoms with Crippen LogP contribution in [0.3, 0.4) is 0 Å². The molecule has 0 radical (unpaired) electrons. The summed E-state index contributed by atoms with van der Waals surface area (Å²) in [6.45, 7) is 7.75. The molecule has 172 valence electrons. The third-order valence-corrected chi connectivity index (χ3v) is 6.09. The van der Waals surface area contributed by atoms with Gasteiger partial charge >= 0.3 is 0 Å². The Bertz CT molecular complexity index is 693. The first-order chi connectivity index (χ1) is 15.2. The molecular formula is C24H38N4O3. The summed E-state index contributed by atoms with van der Waals surface area (Å²) in [5, 5.41) is 6.16. The molecule has 0 unspecified atom stereocenters. The van der Waals surface area contributed by atoms with Crippen LogP contribution in [0.15, 0.2) is 29.3 Å². The van der Waals surface area contributed by atoms with Crippen LogP contribution < -0.4 is 10.6 Å². The second-order valence-electron chi connectivity index (χ2n) is 8.42. The van der Waals surface area contributed by atoms with Gasteiger partial charge in [-0.25, -0.2) is 4.99 Å². The smallest absolute Gasteiger partial charge is 0.220 e. The van der Waals surface area contributed by atoms with Crippen molar-refractivity contribution in [1.82, 2.24) is 15.5 Å². The number of nitrogens with one attached hydrogen (secondary N) is 2. The molecule has 0 aromatic heterocycles. The molecule has 2 aliphatic heterocycles. The highest BCUT2D eigenvalue weighted by molar-refractivity contribution is 5.80. The number of likely N-dealkylation sites (tertiary alicyclic amines) is 1. The molecule has 2 aliphatic rings. The number of piperidine rings is 1. The summed E-state index contributed by atoms with van der Waals surface area (Å²) in [6.07, 6.45) is 4.98. The number of nitrogens with zero attached hydrogens (tertiary/aromatic N) is 2. The van der Waals surface area contributed by atoms with Gasteiger partial charge < -0.3 is 25.0 Å². The van der Waals surface area contributed by atoms with E-state index < -0.39 is 0 Å². The largest absolute Gasteiger partial charge is 0.381 e. The number of ether oxygens (including phenoxy) is 2.